The maximum atomic E-state index is 5.98. The molecule has 0 fully saturated rings. The summed E-state index contributed by atoms with van der Waals surface area (Å²) >= 11 is 0. The zero-order valence-corrected chi connectivity index (χ0v) is 11.5. The molecule has 0 rings (SSSR count). The van der Waals surface area contributed by atoms with E-state index in [1.807, 2.05) is 0 Å². The van der Waals surface area contributed by atoms with Crippen molar-refractivity contribution in [1.29, 1.82) is 0 Å². The third-order valence-corrected chi connectivity index (χ3v) is 7.34. The van der Waals surface area contributed by atoms with Crippen molar-refractivity contribution in [2.45, 2.75) is 58.7 Å². The number of hydrogen-bond donors (Lipinski definition) is 0. The van der Waals surface area contributed by atoms with Gasteiger partial charge in [-0.05, 0) is 18.1 Å². The minimum absolute atomic E-state index is 0.311. The van der Waals surface area contributed by atoms with Gasteiger partial charge in [0.2, 0.25) is 0 Å². The lowest BCUT2D eigenvalue weighted by Gasteiger charge is -2.35. The van der Waals surface area contributed by atoms with Crippen molar-refractivity contribution < 1.29 is 4.43 Å². The first kappa shape index (κ1) is 13.7. The van der Waals surface area contributed by atoms with Crippen LogP contribution in [0, 0.1) is 11.8 Å². The minimum Gasteiger partial charge on any atom is -0.416 e. The summed E-state index contributed by atoms with van der Waals surface area (Å²) in [6.45, 7) is 14.2. The Balaban J connectivity index is 3.89. The molecule has 0 atom stereocenters. The van der Waals surface area contributed by atoms with Gasteiger partial charge in [0, 0.05) is 19.4 Å². The minimum atomic E-state index is -1.53. The van der Waals surface area contributed by atoms with Gasteiger partial charge in [-0.1, -0.05) is 27.7 Å². The van der Waals surface area contributed by atoms with Crippen LogP contribution in [-0.4, -0.2) is 14.9 Å². The smallest absolute Gasteiger partial charge is 0.192 e. The van der Waals surface area contributed by atoms with Gasteiger partial charge < -0.3 is 4.43 Å². The van der Waals surface area contributed by atoms with Gasteiger partial charge in [-0.2, -0.15) is 0 Å². The molecule has 0 N–H and O–H groups in total. The monoisotopic (exact) mass is 212 g/mol. The second-order valence-electron chi connectivity index (χ2n) is 5.07. The molecule has 0 bridgehead atoms. The van der Waals surface area contributed by atoms with Gasteiger partial charge in [-0.25, -0.2) is 0 Å². The van der Waals surface area contributed by atoms with E-state index in [-0.39, 0.29) is 0 Å². The number of rotatable bonds is 3. The van der Waals surface area contributed by atoms with Gasteiger partial charge in [0.25, 0.3) is 0 Å². The fraction of sp³-hybridized carbons (Fsp3) is 0.833. The number of hydrogen-bond acceptors (Lipinski definition) is 1. The molecule has 0 aromatic rings. The van der Waals surface area contributed by atoms with Crippen LogP contribution in [0.3, 0.4) is 0 Å². The highest BCUT2D eigenvalue weighted by atomic mass is 28.4. The molecule has 0 aliphatic heterocycles. The quantitative estimate of drug-likeness (QED) is 0.393. The first-order valence-electron chi connectivity index (χ1n) is 5.41. The van der Waals surface area contributed by atoms with E-state index in [1.54, 1.807) is 0 Å². The SMILES string of the molecule is CCC#CCCO[Si](C)(C)C(C)(C)C. The fourth-order valence-electron chi connectivity index (χ4n) is 0.787. The van der Waals surface area contributed by atoms with Crippen LogP contribution in [0.1, 0.15) is 40.5 Å². The molecule has 0 aliphatic rings. The summed E-state index contributed by atoms with van der Waals surface area (Å²) < 4.78 is 5.98. The van der Waals surface area contributed by atoms with Crippen LogP contribution < -0.4 is 0 Å². The first-order chi connectivity index (χ1) is 6.31. The molecule has 0 aliphatic carbocycles. The van der Waals surface area contributed by atoms with Gasteiger partial charge in [-0.15, -0.1) is 11.8 Å². The zero-order chi connectivity index (χ0) is 11.2. The highest BCUT2D eigenvalue weighted by molar-refractivity contribution is 6.74. The maximum Gasteiger partial charge on any atom is 0.192 e. The lowest BCUT2D eigenvalue weighted by Crippen LogP contribution is -2.40. The molecule has 82 valence electrons. The molecule has 0 unspecified atom stereocenters. The summed E-state index contributed by atoms with van der Waals surface area (Å²) in [5, 5.41) is 0.311. The van der Waals surface area contributed by atoms with Gasteiger partial charge in [0.15, 0.2) is 8.32 Å². The molecular weight excluding hydrogens is 188 g/mol. The fourth-order valence-corrected chi connectivity index (χ4v) is 1.83. The maximum absolute atomic E-state index is 5.98. The summed E-state index contributed by atoms with van der Waals surface area (Å²) in [6, 6.07) is 0. The first-order valence-corrected chi connectivity index (χ1v) is 8.32. The topological polar surface area (TPSA) is 9.23 Å². The third-order valence-electron chi connectivity index (χ3n) is 2.80. The van der Waals surface area contributed by atoms with Crippen molar-refractivity contribution in [2.75, 3.05) is 6.61 Å². The molecule has 14 heavy (non-hydrogen) atoms. The van der Waals surface area contributed by atoms with Crippen LogP contribution in [0.5, 0.6) is 0 Å². The van der Waals surface area contributed by atoms with E-state index in [2.05, 4.69) is 52.6 Å². The molecule has 0 radical (unpaired) electrons. The molecule has 0 saturated carbocycles. The van der Waals surface area contributed by atoms with Crippen molar-refractivity contribution >= 4 is 8.32 Å². The molecule has 0 aromatic heterocycles. The van der Waals surface area contributed by atoms with E-state index >= 15 is 0 Å². The normalized spacial score (nSPS) is 12.1. The third kappa shape index (κ3) is 4.83. The average Bonchev–Trinajstić information content (AvgIpc) is 2.02. The van der Waals surface area contributed by atoms with Crippen LogP contribution in [0.25, 0.3) is 0 Å². The van der Waals surface area contributed by atoms with Gasteiger partial charge in [-0.3, -0.25) is 0 Å². The van der Waals surface area contributed by atoms with Gasteiger partial charge in [0.1, 0.15) is 0 Å². The Kier molecular flexibility index (Phi) is 5.47. The molecule has 0 spiro atoms. The van der Waals surface area contributed by atoms with Gasteiger partial charge >= 0.3 is 0 Å². The molecule has 2 heteroatoms. The van der Waals surface area contributed by atoms with Crippen LogP contribution in [0.15, 0.2) is 0 Å². The Hall–Kier alpha value is -0.263. The highest BCUT2D eigenvalue weighted by Crippen LogP contribution is 2.36. The Bertz CT molecular complexity index is 215. The average molecular weight is 212 g/mol. The van der Waals surface area contributed by atoms with E-state index in [9.17, 15) is 0 Å². The second-order valence-corrected chi connectivity index (χ2v) is 9.88. The van der Waals surface area contributed by atoms with Crippen LogP contribution in [-0.2, 0) is 4.43 Å². The van der Waals surface area contributed by atoms with Crippen LogP contribution in [0.4, 0.5) is 0 Å². The summed E-state index contributed by atoms with van der Waals surface area (Å²) in [5.41, 5.74) is 0. The van der Waals surface area contributed by atoms with Crippen LogP contribution in [0.2, 0.25) is 18.1 Å². The van der Waals surface area contributed by atoms with Crippen molar-refractivity contribution in [2.24, 2.45) is 0 Å². The molecule has 0 amide bonds. The molecule has 0 saturated heterocycles. The summed E-state index contributed by atoms with van der Waals surface area (Å²) in [6.07, 6.45) is 1.82. The molecule has 0 aromatic carbocycles. The Morgan fingerprint density at radius 1 is 1.14 bits per heavy atom. The van der Waals surface area contributed by atoms with Crippen molar-refractivity contribution in [3.63, 3.8) is 0 Å². The summed E-state index contributed by atoms with van der Waals surface area (Å²) in [5.74, 6) is 6.16. The Labute approximate surface area is 90.4 Å². The largest absolute Gasteiger partial charge is 0.416 e. The Morgan fingerprint density at radius 2 is 1.71 bits per heavy atom. The second kappa shape index (κ2) is 5.58. The van der Waals surface area contributed by atoms with Crippen molar-refractivity contribution in [3.8, 4) is 11.8 Å². The summed E-state index contributed by atoms with van der Waals surface area (Å²) in [7, 11) is -1.53. The van der Waals surface area contributed by atoms with Crippen LogP contribution >= 0.6 is 0 Å². The predicted octanol–water partition coefficient (Wildman–Crippen LogP) is 3.81. The van der Waals surface area contributed by atoms with E-state index in [4.69, 9.17) is 4.43 Å². The molecular formula is C12H24OSi. The highest BCUT2D eigenvalue weighted by Gasteiger charge is 2.36. The van der Waals surface area contributed by atoms with E-state index in [0.29, 0.717) is 5.04 Å². The van der Waals surface area contributed by atoms with Gasteiger partial charge in [0.05, 0.1) is 0 Å². The lowest BCUT2D eigenvalue weighted by molar-refractivity contribution is 0.296. The summed E-state index contributed by atoms with van der Waals surface area (Å²) in [4.78, 5) is 0. The molecule has 1 nitrogen and oxygen atoms in total. The van der Waals surface area contributed by atoms with E-state index < -0.39 is 8.32 Å². The molecule has 0 heterocycles. The Morgan fingerprint density at radius 3 is 2.14 bits per heavy atom. The predicted molar refractivity (Wildman–Crippen MR) is 65.8 cm³/mol. The van der Waals surface area contributed by atoms with Crippen molar-refractivity contribution in [1.82, 2.24) is 0 Å². The van der Waals surface area contributed by atoms with E-state index in [1.165, 1.54) is 0 Å². The zero-order valence-electron chi connectivity index (χ0n) is 10.5. The lowest BCUT2D eigenvalue weighted by atomic mass is 10.2. The van der Waals surface area contributed by atoms with Crippen molar-refractivity contribution in [3.05, 3.63) is 0 Å². The standard InChI is InChI=1S/C12H24OSi/c1-7-8-9-10-11-13-14(5,6)12(2,3)4/h7,10-11H2,1-6H3. The van der Waals surface area contributed by atoms with E-state index in [0.717, 1.165) is 19.4 Å².